The number of hydrogen-bond donors (Lipinski definition) is 1. The lowest BCUT2D eigenvalue weighted by Gasteiger charge is -2.37. The maximum absolute atomic E-state index is 12.6. The van der Waals surface area contributed by atoms with Crippen LogP contribution in [0.2, 0.25) is 0 Å². The van der Waals surface area contributed by atoms with Crippen LogP contribution in [-0.4, -0.2) is 17.4 Å². The summed E-state index contributed by atoms with van der Waals surface area (Å²) in [5, 5.41) is 3.19. The van der Waals surface area contributed by atoms with E-state index in [1.807, 2.05) is 36.4 Å². The van der Waals surface area contributed by atoms with Crippen LogP contribution in [0.1, 0.15) is 73.4 Å². The molecule has 3 rings (SSSR count). The molecule has 0 atom stereocenters. The third kappa shape index (κ3) is 5.44. The number of nitrogens with zero attached hydrogens (tertiary/aromatic N) is 1. The van der Waals surface area contributed by atoms with E-state index in [4.69, 9.17) is 0 Å². The molecule has 1 heterocycles. The molecule has 1 saturated carbocycles. The van der Waals surface area contributed by atoms with Crippen LogP contribution in [0.4, 0.5) is 0 Å². The van der Waals surface area contributed by atoms with Gasteiger partial charge in [0.05, 0.1) is 0 Å². The summed E-state index contributed by atoms with van der Waals surface area (Å²) < 4.78 is 0. The van der Waals surface area contributed by atoms with Crippen molar-refractivity contribution >= 4 is 5.91 Å². The molecule has 1 aromatic heterocycles. The molecule has 3 nitrogen and oxygen atoms in total. The van der Waals surface area contributed by atoms with Gasteiger partial charge < -0.3 is 5.32 Å². The summed E-state index contributed by atoms with van der Waals surface area (Å²) in [5.41, 5.74) is 2.84. The zero-order valence-electron chi connectivity index (χ0n) is 16.1. The van der Waals surface area contributed by atoms with Crippen molar-refractivity contribution in [2.45, 2.75) is 51.9 Å². The molecule has 140 valence electrons. The van der Waals surface area contributed by atoms with Crippen LogP contribution in [0.5, 0.6) is 0 Å². The van der Waals surface area contributed by atoms with Crippen LogP contribution in [0.25, 0.3) is 0 Å². The molecule has 0 aliphatic heterocycles. The summed E-state index contributed by atoms with van der Waals surface area (Å²) in [6, 6.07) is 11.3. The number of aromatic nitrogens is 1. The van der Waals surface area contributed by atoms with E-state index in [2.05, 4.69) is 29.1 Å². The van der Waals surface area contributed by atoms with Crippen molar-refractivity contribution in [3.63, 3.8) is 0 Å². The zero-order chi connectivity index (χ0) is 19.0. The van der Waals surface area contributed by atoms with Gasteiger partial charge in [-0.2, -0.15) is 0 Å². The number of rotatable bonds is 5. The van der Waals surface area contributed by atoms with E-state index < -0.39 is 0 Å². The predicted octanol–water partition coefficient (Wildman–Crippen LogP) is 4.96. The Hall–Kier alpha value is -2.60. The molecule has 1 aliphatic rings. The van der Waals surface area contributed by atoms with Crippen LogP contribution in [0.3, 0.4) is 0 Å². The molecule has 0 bridgehead atoms. The molecule has 0 unspecified atom stereocenters. The molecule has 3 heteroatoms. The van der Waals surface area contributed by atoms with Crippen molar-refractivity contribution in [2.75, 3.05) is 6.54 Å². The molecule has 1 aromatic carbocycles. The molecule has 0 radical (unpaired) electrons. The molecule has 27 heavy (non-hydrogen) atoms. The SMILES string of the molecule is CCCC1(CNC(=O)c2ccc(C#Cc3ccncc3)cc2)CCCCC1. The highest BCUT2D eigenvalue weighted by Crippen LogP contribution is 2.39. The fraction of sp³-hybridized carbons (Fsp3) is 0.417. The highest BCUT2D eigenvalue weighted by Gasteiger charge is 2.31. The van der Waals surface area contributed by atoms with Gasteiger partial charge in [0.2, 0.25) is 0 Å². The van der Waals surface area contributed by atoms with Gasteiger partial charge in [0, 0.05) is 35.6 Å². The molecule has 0 saturated heterocycles. The maximum Gasteiger partial charge on any atom is 0.251 e. The molecule has 1 amide bonds. The molecule has 0 spiro atoms. The summed E-state index contributed by atoms with van der Waals surface area (Å²) in [7, 11) is 0. The van der Waals surface area contributed by atoms with Gasteiger partial charge in [-0.25, -0.2) is 0 Å². The zero-order valence-corrected chi connectivity index (χ0v) is 16.1. The molecule has 1 aliphatic carbocycles. The minimum Gasteiger partial charge on any atom is -0.351 e. The fourth-order valence-electron chi connectivity index (χ4n) is 4.00. The van der Waals surface area contributed by atoms with Gasteiger partial charge >= 0.3 is 0 Å². The standard InChI is InChI=1S/C24H28N2O/c1-2-14-24(15-4-3-5-16-24)19-26-23(27)22-10-8-20(9-11-22)6-7-21-12-17-25-18-13-21/h8-13,17-18H,2-5,14-16,19H2,1H3,(H,26,27). The monoisotopic (exact) mass is 360 g/mol. The topological polar surface area (TPSA) is 42.0 Å². The van der Waals surface area contributed by atoms with Gasteiger partial charge in [0.1, 0.15) is 0 Å². The van der Waals surface area contributed by atoms with Crippen LogP contribution in [0, 0.1) is 17.3 Å². The average Bonchev–Trinajstić information content (AvgIpc) is 2.73. The first-order valence-electron chi connectivity index (χ1n) is 10.0. The second-order valence-electron chi connectivity index (χ2n) is 7.56. The minimum absolute atomic E-state index is 0.0182. The van der Waals surface area contributed by atoms with E-state index in [1.165, 1.54) is 44.9 Å². The summed E-state index contributed by atoms with van der Waals surface area (Å²) in [6.07, 6.45) is 12.2. The second-order valence-corrected chi connectivity index (χ2v) is 7.56. The van der Waals surface area contributed by atoms with E-state index >= 15 is 0 Å². The second kappa shape index (κ2) is 9.37. The number of amides is 1. The lowest BCUT2D eigenvalue weighted by molar-refractivity contribution is 0.0900. The van der Waals surface area contributed by atoms with Crippen molar-refractivity contribution in [1.29, 1.82) is 0 Å². The first-order chi connectivity index (χ1) is 13.2. The van der Waals surface area contributed by atoms with Crippen LogP contribution in [-0.2, 0) is 0 Å². The van der Waals surface area contributed by atoms with Crippen LogP contribution >= 0.6 is 0 Å². The summed E-state index contributed by atoms with van der Waals surface area (Å²) >= 11 is 0. The quantitative estimate of drug-likeness (QED) is 0.766. The molecule has 1 fully saturated rings. The third-order valence-electron chi connectivity index (χ3n) is 5.50. The highest BCUT2D eigenvalue weighted by molar-refractivity contribution is 5.94. The smallest absolute Gasteiger partial charge is 0.251 e. The van der Waals surface area contributed by atoms with Crippen molar-refractivity contribution in [3.05, 3.63) is 65.5 Å². The summed E-state index contributed by atoms with van der Waals surface area (Å²) in [4.78, 5) is 16.6. The van der Waals surface area contributed by atoms with Crippen molar-refractivity contribution in [1.82, 2.24) is 10.3 Å². The van der Waals surface area contributed by atoms with Crippen LogP contribution < -0.4 is 5.32 Å². The van der Waals surface area contributed by atoms with Gasteiger partial charge in [0.15, 0.2) is 0 Å². The third-order valence-corrected chi connectivity index (χ3v) is 5.50. The molecule has 2 aromatic rings. The highest BCUT2D eigenvalue weighted by atomic mass is 16.1. The molecular weight excluding hydrogens is 332 g/mol. The van der Waals surface area contributed by atoms with Gasteiger partial charge in [0.25, 0.3) is 5.91 Å². The van der Waals surface area contributed by atoms with Crippen molar-refractivity contribution in [3.8, 4) is 11.8 Å². The summed E-state index contributed by atoms with van der Waals surface area (Å²) in [5.74, 6) is 6.25. The number of pyridine rings is 1. The first-order valence-corrected chi connectivity index (χ1v) is 10.0. The number of nitrogens with one attached hydrogen (secondary N) is 1. The number of carbonyl (C=O) groups excluding carboxylic acids is 1. The number of carbonyl (C=O) groups is 1. The minimum atomic E-state index is 0.0182. The average molecular weight is 361 g/mol. The van der Waals surface area contributed by atoms with Crippen molar-refractivity contribution in [2.24, 2.45) is 5.41 Å². The predicted molar refractivity (Wildman–Crippen MR) is 109 cm³/mol. The normalized spacial score (nSPS) is 15.4. The Labute approximate surface area is 162 Å². The van der Waals surface area contributed by atoms with E-state index in [1.54, 1.807) is 12.4 Å². The van der Waals surface area contributed by atoms with Gasteiger partial charge in [-0.1, -0.05) is 44.4 Å². The molecular formula is C24H28N2O. The summed E-state index contributed by atoms with van der Waals surface area (Å²) in [6.45, 7) is 3.03. The number of benzene rings is 1. The first kappa shape index (κ1) is 19.2. The van der Waals surface area contributed by atoms with Crippen LogP contribution in [0.15, 0.2) is 48.8 Å². The lowest BCUT2D eigenvalue weighted by atomic mass is 9.71. The Morgan fingerprint density at radius 1 is 1.00 bits per heavy atom. The van der Waals surface area contributed by atoms with Gasteiger partial charge in [-0.15, -0.1) is 0 Å². The Balaban J connectivity index is 1.59. The lowest BCUT2D eigenvalue weighted by Crippen LogP contribution is -2.39. The van der Waals surface area contributed by atoms with Crippen molar-refractivity contribution < 1.29 is 4.79 Å². The Kier molecular flexibility index (Phi) is 6.65. The Morgan fingerprint density at radius 3 is 2.26 bits per heavy atom. The van der Waals surface area contributed by atoms with E-state index in [-0.39, 0.29) is 5.91 Å². The molecule has 1 N–H and O–H groups in total. The fourth-order valence-corrected chi connectivity index (χ4v) is 4.00. The van der Waals surface area contributed by atoms with E-state index in [0.29, 0.717) is 11.0 Å². The Morgan fingerprint density at radius 2 is 1.63 bits per heavy atom. The van der Waals surface area contributed by atoms with Gasteiger partial charge in [-0.3, -0.25) is 9.78 Å². The van der Waals surface area contributed by atoms with Gasteiger partial charge in [-0.05, 0) is 61.1 Å². The maximum atomic E-state index is 12.6. The largest absolute Gasteiger partial charge is 0.351 e. The van der Waals surface area contributed by atoms with E-state index in [0.717, 1.165) is 17.7 Å². The number of hydrogen-bond acceptors (Lipinski definition) is 2. The Bertz CT molecular complexity index is 788. The van der Waals surface area contributed by atoms with E-state index in [9.17, 15) is 4.79 Å².